The third-order valence-electron chi connectivity index (χ3n) is 2.98. The van der Waals surface area contributed by atoms with E-state index in [9.17, 15) is 30.7 Å². The molecule has 0 bridgehead atoms. The summed E-state index contributed by atoms with van der Waals surface area (Å²) in [5, 5.41) is 2.06. The normalized spacial score (nSPS) is 11.3. The van der Waals surface area contributed by atoms with E-state index in [0.29, 0.717) is 6.07 Å². The molecule has 1 amide bonds. The zero-order valence-electron chi connectivity index (χ0n) is 13.6. The van der Waals surface area contributed by atoms with Gasteiger partial charge >= 0.3 is 59.1 Å². The summed E-state index contributed by atoms with van der Waals surface area (Å²) < 4.78 is 67.5. The summed E-state index contributed by atoms with van der Waals surface area (Å²) in [6.07, 6.45) is 0. The molecule has 2 aromatic rings. The van der Waals surface area contributed by atoms with Crippen LogP contribution in [0.3, 0.4) is 0 Å². The number of hydrogen-bond donors (Lipinski definition) is 2. The van der Waals surface area contributed by atoms with Crippen LogP contribution >= 0.6 is 0 Å². The molecule has 0 fully saturated rings. The Bertz CT molecular complexity index is 1040. The summed E-state index contributed by atoms with van der Waals surface area (Å²) >= 11 is 0. The maximum Gasteiger partial charge on any atom is 1.00 e. The van der Waals surface area contributed by atoms with Gasteiger partial charge in [-0.3, -0.25) is 4.79 Å². The van der Waals surface area contributed by atoms with Crippen molar-refractivity contribution in [1.82, 2.24) is 0 Å². The van der Waals surface area contributed by atoms with Crippen LogP contribution < -0.4 is 70.2 Å². The maximum atomic E-state index is 11.3. The van der Waals surface area contributed by atoms with Crippen LogP contribution in [0.4, 0.5) is 11.4 Å². The van der Waals surface area contributed by atoms with Crippen LogP contribution in [-0.4, -0.2) is 31.8 Å². The number of carbonyl (C=O) groups excluding carboxylic acids is 1. The van der Waals surface area contributed by atoms with Crippen molar-refractivity contribution in [3.05, 3.63) is 24.3 Å². The van der Waals surface area contributed by atoms with Crippen LogP contribution in [0.2, 0.25) is 0 Å². The van der Waals surface area contributed by atoms with E-state index in [2.05, 4.69) is 5.32 Å². The molecule has 0 saturated carbocycles. The summed E-state index contributed by atoms with van der Waals surface area (Å²) in [5.74, 6) is -0.472. The third-order valence-corrected chi connectivity index (χ3v) is 4.67. The van der Waals surface area contributed by atoms with Crippen molar-refractivity contribution < 1.29 is 89.9 Å². The number of nitrogen functional groups attached to an aromatic ring is 1. The van der Waals surface area contributed by atoms with Gasteiger partial charge in [0.25, 0.3) is 0 Å². The smallest absolute Gasteiger partial charge is 0.744 e. The fourth-order valence-electron chi connectivity index (χ4n) is 2.05. The molecule has 0 radical (unpaired) electrons. The Morgan fingerprint density at radius 1 is 1.00 bits per heavy atom. The van der Waals surface area contributed by atoms with Crippen molar-refractivity contribution in [2.45, 2.75) is 16.7 Å². The average Bonchev–Trinajstić information content (AvgIpc) is 2.38. The van der Waals surface area contributed by atoms with Crippen LogP contribution in [0.1, 0.15) is 6.92 Å². The van der Waals surface area contributed by atoms with Gasteiger partial charge in [-0.05, 0) is 18.2 Å². The number of nitrogens with two attached hydrogens (primary N) is 1. The molecule has 0 aliphatic heterocycles. The Balaban J connectivity index is 0.00000288. The van der Waals surface area contributed by atoms with Crippen LogP contribution in [0, 0.1) is 0 Å². The van der Waals surface area contributed by atoms with E-state index >= 15 is 0 Å². The predicted octanol–water partition coefficient (Wildman–Crippen LogP) is -5.80. The number of fused-ring (bicyclic) bond motifs is 1. The SMILES string of the molecule is CC(=O)Nc1ccc2c(S(=O)(=O)[O-])cc(S(=O)(=O)[O-])cc2c1N.[Na+].[Na+]. The molecule has 3 N–H and O–H groups in total. The Hall–Kier alpha value is -0.210. The molecule has 124 valence electrons. The molecule has 0 heterocycles. The molecule has 0 aromatic heterocycles. The van der Waals surface area contributed by atoms with E-state index in [4.69, 9.17) is 5.73 Å². The Morgan fingerprint density at radius 2 is 1.56 bits per heavy atom. The Kier molecular flexibility index (Phi) is 8.58. The minimum absolute atomic E-state index is 0. The van der Waals surface area contributed by atoms with Gasteiger partial charge in [0.15, 0.2) is 0 Å². The van der Waals surface area contributed by atoms with Gasteiger partial charge in [-0.1, -0.05) is 6.07 Å². The number of amides is 1. The van der Waals surface area contributed by atoms with Crippen molar-refractivity contribution in [2.75, 3.05) is 11.1 Å². The second-order valence-electron chi connectivity index (χ2n) is 4.63. The number of nitrogens with one attached hydrogen (secondary N) is 1. The largest absolute Gasteiger partial charge is 1.00 e. The molecule has 9 nitrogen and oxygen atoms in total. The van der Waals surface area contributed by atoms with Gasteiger partial charge in [-0.2, -0.15) is 0 Å². The van der Waals surface area contributed by atoms with E-state index in [1.165, 1.54) is 19.1 Å². The summed E-state index contributed by atoms with van der Waals surface area (Å²) in [6.45, 7) is 1.20. The van der Waals surface area contributed by atoms with Crippen LogP contribution in [0.5, 0.6) is 0 Å². The standard InChI is InChI=1S/C12H12N2O7S2.2Na/c1-6(15)14-10-3-2-8-9(12(10)13)4-7(22(16,17)18)5-11(8)23(19,20)21;;/h2-5H,13H2,1H3,(H,14,15)(H,16,17,18)(H,19,20,21);;/q;2*+1/p-2. The zero-order chi connectivity index (χ0) is 17.6. The molecule has 0 atom stereocenters. The Labute approximate surface area is 188 Å². The molecule has 0 saturated heterocycles. The zero-order valence-corrected chi connectivity index (χ0v) is 19.2. The molecule has 0 aliphatic carbocycles. The summed E-state index contributed by atoms with van der Waals surface area (Å²) in [7, 11) is -10.1. The maximum absolute atomic E-state index is 11.3. The van der Waals surface area contributed by atoms with Crippen molar-refractivity contribution in [2.24, 2.45) is 0 Å². The second-order valence-corrected chi connectivity index (χ2v) is 7.36. The van der Waals surface area contributed by atoms with Gasteiger partial charge in [-0.25, -0.2) is 16.8 Å². The second kappa shape index (κ2) is 8.65. The molecule has 2 aromatic carbocycles. The van der Waals surface area contributed by atoms with Crippen molar-refractivity contribution in [3.63, 3.8) is 0 Å². The Morgan fingerprint density at radius 3 is 2.00 bits per heavy atom. The van der Waals surface area contributed by atoms with E-state index < -0.39 is 35.9 Å². The monoisotopic (exact) mass is 404 g/mol. The first kappa shape index (κ1) is 24.8. The van der Waals surface area contributed by atoms with Gasteiger partial charge in [0.05, 0.1) is 21.2 Å². The van der Waals surface area contributed by atoms with Crippen molar-refractivity contribution in [1.29, 1.82) is 0 Å². The van der Waals surface area contributed by atoms with E-state index in [1.54, 1.807) is 0 Å². The molecular formula is C12H10N2Na2O7S2. The summed E-state index contributed by atoms with van der Waals surface area (Å²) in [6, 6.07) is 3.79. The first-order valence-corrected chi connectivity index (χ1v) is 8.78. The minimum Gasteiger partial charge on any atom is -0.744 e. The topological polar surface area (TPSA) is 170 Å². The van der Waals surface area contributed by atoms with Gasteiger partial charge in [0.2, 0.25) is 5.91 Å². The minimum atomic E-state index is -5.06. The average molecular weight is 404 g/mol. The molecule has 0 spiro atoms. The molecule has 2 rings (SSSR count). The summed E-state index contributed by atoms with van der Waals surface area (Å²) in [4.78, 5) is 9.30. The number of benzene rings is 2. The van der Waals surface area contributed by atoms with Crippen molar-refractivity contribution in [3.8, 4) is 0 Å². The fraction of sp³-hybridized carbons (Fsp3) is 0.0833. The van der Waals surface area contributed by atoms with Gasteiger partial charge in [0, 0.05) is 17.7 Å². The third kappa shape index (κ3) is 5.63. The van der Waals surface area contributed by atoms with Crippen molar-refractivity contribution >= 4 is 48.3 Å². The van der Waals surface area contributed by atoms with E-state index in [1.807, 2.05) is 0 Å². The molecular weight excluding hydrogens is 394 g/mol. The van der Waals surface area contributed by atoms with Gasteiger partial charge < -0.3 is 20.2 Å². The van der Waals surface area contributed by atoms with Gasteiger partial charge in [0.1, 0.15) is 20.2 Å². The van der Waals surface area contributed by atoms with E-state index in [-0.39, 0.29) is 81.3 Å². The number of carbonyl (C=O) groups is 1. The predicted molar refractivity (Wildman–Crippen MR) is 78.6 cm³/mol. The molecule has 0 aliphatic rings. The quantitative estimate of drug-likeness (QED) is 0.289. The number of anilines is 2. The molecule has 13 heteroatoms. The van der Waals surface area contributed by atoms with Crippen LogP contribution in [0.15, 0.2) is 34.1 Å². The first-order valence-electron chi connectivity index (χ1n) is 5.97. The van der Waals surface area contributed by atoms with Crippen LogP contribution in [-0.2, 0) is 25.0 Å². The number of hydrogen-bond acceptors (Lipinski definition) is 8. The van der Waals surface area contributed by atoms with Crippen LogP contribution in [0.25, 0.3) is 10.8 Å². The first-order chi connectivity index (χ1) is 10.4. The van der Waals surface area contributed by atoms with E-state index in [0.717, 1.165) is 6.07 Å². The number of rotatable bonds is 3. The fourth-order valence-corrected chi connectivity index (χ4v) is 3.37. The molecule has 25 heavy (non-hydrogen) atoms. The van der Waals surface area contributed by atoms with Gasteiger partial charge in [-0.15, -0.1) is 0 Å². The molecule has 0 unspecified atom stereocenters. The summed E-state index contributed by atoms with van der Waals surface area (Å²) in [5.41, 5.74) is 5.69.